The molecule has 13 heteroatoms. The van der Waals surface area contributed by atoms with Crippen LogP contribution in [-0.2, 0) is 21.2 Å². The molecule has 0 saturated heterocycles. The highest BCUT2D eigenvalue weighted by Crippen LogP contribution is 2.24. The first kappa shape index (κ1) is 27.1. The van der Waals surface area contributed by atoms with Crippen molar-refractivity contribution in [2.24, 2.45) is 5.16 Å². The largest absolute Gasteiger partial charge is 0.506 e. The van der Waals surface area contributed by atoms with E-state index in [1.165, 1.54) is 53.0 Å². The van der Waals surface area contributed by atoms with E-state index in [0.717, 1.165) is 0 Å². The number of rotatable bonds is 13. The van der Waals surface area contributed by atoms with Gasteiger partial charge in [0.15, 0.2) is 0 Å². The van der Waals surface area contributed by atoms with E-state index in [1.807, 2.05) is 0 Å². The van der Waals surface area contributed by atoms with Gasteiger partial charge in [-0.2, -0.15) is 0 Å². The molecule has 1 amide bonds. The standard InChI is InChI=1S/C20H24ClN3O6S3/c1-30-15-3-5-16(6-4-15)33(28,29)23-9-11-32-31-10-8-22-20(26)18(24-27)13-14-2-7-19(25)17(21)12-14/h2-7,12,23,25,27H,8-11,13H2,1H3,(H,22,26)/b24-18+. The fourth-order valence-corrected chi connectivity index (χ4v) is 5.67. The third-order valence-electron chi connectivity index (χ3n) is 4.17. The Morgan fingerprint density at radius 2 is 1.79 bits per heavy atom. The number of aromatic hydroxyl groups is 1. The van der Waals surface area contributed by atoms with Crippen LogP contribution >= 0.6 is 33.2 Å². The van der Waals surface area contributed by atoms with Crippen LogP contribution in [0.25, 0.3) is 0 Å². The lowest BCUT2D eigenvalue weighted by Crippen LogP contribution is -2.33. The lowest BCUT2D eigenvalue weighted by Gasteiger charge is -2.08. The number of carbonyl (C=O) groups excluding carboxylic acids is 1. The van der Waals surface area contributed by atoms with Gasteiger partial charge in [0, 0.05) is 31.0 Å². The van der Waals surface area contributed by atoms with Gasteiger partial charge in [-0.3, -0.25) is 4.79 Å². The van der Waals surface area contributed by atoms with Crippen LogP contribution in [-0.4, -0.2) is 62.1 Å². The van der Waals surface area contributed by atoms with Gasteiger partial charge >= 0.3 is 0 Å². The van der Waals surface area contributed by atoms with Gasteiger partial charge in [-0.15, -0.1) is 0 Å². The zero-order valence-corrected chi connectivity index (χ0v) is 20.9. The maximum atomic E-state index is 12.2. The third kappa shape index (κ3) is 8.97. The predicted octanol–water partition coefficient (Wildman–Crippen LogP) is 2.90. The summed E-state index contributed by atoms with van der Waals surface area (Å²) in [5.41, 5.74) is 0.533. The maximum Gasteiger partial charge on any atom is 0.269 e. The van der Waals surface area contributed by atoms with Crippen molar-refractivity contribution in [3.63, 3.8) is 0 Å². The van der Waals surface area contributed by atoms with Gasteiger partial charge in [-0.1, -0.05) is 44.4 Å². The Morgan fingerprint density at radius 1 is 1.12 bits per heavy atom. The van der Waals surface area contributed by atoms with Crippen LogP contribution in [0.1, 0.15) is 5.56 Å². The molecule has 0 bridgehead atoms. The molecule has 0 fully saturated rings. The number of oxime groups is 1. The number of phenols is 1. The summed E-state index contributed by atoms with van der Waals surface area (Å²) in [6, 6.07) is 10.6. The van der Waals surface area contributed by atoms with Crippen molar-refractivity contribution in [2.75, 3.05) is 31.7 Å². The summed E-state index contributed by atoms with van der Waals surface area (Å²) in [5, 5.41) is 24.4. The minimum absolute atomic E-state index is 0.0541. The first-order valence-electron chi connectivity index (χ1n) is 9.61. The van der Waals surface area contributed by atoms with E-state index in [4.69, 9.17) is 21.5 Å². The molecule has 0 heterocycles. The smallest absolute Gasteiger partial charge is 0.269 e. The van der Waals surface area contributed by atoms with E-state index < -0.39 is 15.9 Å². The summed E-state index contributed by atoms with van der Waals surface area (Å²) in [5.74, 6) is 1.11. The second kappa shape index (κ2) is 13.6. The Balaban J connectivity index is 1.63. The first-order valence-corrected chi connectivity index (χ1v) is 14.0. The number of hydrogen-bond donors (Lipinski definition) is 4. The molecule has 0 unspecified atom stereocenters. The molecule has 0 aliphatic rings. The summed E-state index contributed by atoms with van der Waals surface area (Å²) in [6.07, 6.45) is 0.0541. The van der Waals surface area contributed by atoms with Crippen LogP contribution in [0, 0.1) is 0 Å². The molecule has 0 aromatic heterocycles. The fraction of sp³-hybridized carbons (Fsp3) is 0.300. The average Bonchev–Trinajstić information content (AvgIpc) is 2.81. The van der Waals surface area contributed by atoms with E-state index in [-0.39, 0.29) is 34.3 Å². The number of hydrogen-bond acceptors (Lipinski definition) is 9. The maximum absolute atomic E-state index is 12.2. The number of nitrogens with zero attached hydrogens (tertiary/aromatic N) is 1. The average molecular weight is 534 g/mol. The molecule has 9 nitrogen and oxygen atoms in total. The van der Waals surface area contributed by atoms with E-state index in [0.29, 0.717) is 29.4 Å². The second-order valence-electron chi connectivity index (χ2n) is 6.48. The highest BCUT2D eigenvalue weighted by atomic mass is 35.5. The van der Waals surface area contributed by atoms with Crippen molar-refractivity contribution in [3.05, 3.63) is 53.1 Å². The van der Waals surface area contributed by atoms with Crippen molar-refractivity contribution in [2.45, 2.75) is 11.3 Å². The fourth-order valence-electron chi connectivity index (χ4n) is 2.50. The van der Waals surface area contributed by atoms with E-state index in [9.17, 15) is 18.3 Å². The molecular formula is C20H24ClN3O6S3. The Hall–Kier alpha value is -2.12. The monoisotopic (exact) mass is 533 g/mol. The van der Waals surface area contributed by atoms with Gasteiger partial charge in [-0.05, 0) is 42.0 Å². The number of methoxy groups -OCH3 is 1. The summed E-state index contributed by atoms with van der Waals surface area (Å²) in [7, 11) is 0.871. The lowest BCUT2D eigenvalue weighted by atomic mass is 10.1. The van der Waals surface area contributed by atoms with Crippen molar-refractivity contribution in [1.29, 1.82) is 0 Å². The SMILES string of the molecule is COc1ccc(S(=O)(=O)NCCSSCCNC(=O)/C(Cc2ccc(O)c(Cl)c2)=N/O)cc1. The highest BCUT2D eigenvalue weighted by Gasteiger charge is 2.14. The Kier molecular flexibility index (Phi) is 11.1. The van der Waals surface area contributed by atoms with Gasteiger partial charge < -0.3 is 20.4 Å². The molecule has 0 aliphatic carbocycles. The van der Waals surface area contributed by atoms with Crippen molar-refractivity contribution < 1.29 is 28.3 Å². The number of ether oxygens (including phenoxy) is 1. The van der Waals surface area contributed by atoms with Crippen LogP contribution in [0.4, 0.5) is 0 Å². The van der Waals surface area contributed by atoms with E-state index in [2.05, 4.69) is 15.2 Å². The quantitative estimate of drug-likeness (QED) is 0.101. The zero-order chi connectivity index (χ0) is 24.3. The summed E-state index contributed by atoms with van der Waals surface area (Å²) >= 11 is 5.84. The Morgan fingerprint density at radius 3 is 2.39 bits per heavy atom. The number of benzene rings is 2. The normalized spacial score (nSPS) is 11.9. The number of phenolic OH excluding ortho intramolecular Hbond substituents is 1. The zero-order valence-electron chi connectivity index (χ0n) is 17.7. The third-order valence-corrected chi connectivity index (χ3v) is 8.36. The number of sulfonamides is 1. The van der Waals surface area contributed by atoms with Crippen LogP contribution in [0.3, 0.4) is 0 Å². The van der Waals surface area contributed by atoms with Crippen molar-refractivity contribution in [3.8, 4) is 11.5 Å². The van der Waals surface area contributed by atoms with Crippen molar-refractivity contribution >= 4 is 54.8 Å². The predicted molar refractivity (Wildman–Crippen MR) is 132 cm³/mol. The molecule has 0 radical (unpaired) electrons. The first-order chi connectivity index (χ1) is 15.8. The molecule has 0 atom stereocenters. The molecule has 0 saturated carbocycles. The number of halogens is 1. The topological polar surface area (TPSA) is 137 Å². The lowest BCUT2D eigenvalue weighted by molar-refractivity contribution is -0.114. The minimum Gasteiger partial charge on any atom is -0.506 e. The van der Waals surface area contributed by atoms with Crippen LogP contribution in [0.15, 0.2) is 52.5 Å². The van der Waals surface area contributed by atoms with E-state index in [1.54, 1.807) is 18.2 Å². The van der Waals surface area contributed by atoms with Gasteiger partial charge in [0.1, 0.15) is 17.2 Å². The number of amides is 1. The van der Waals surface area contributed by atoms with Crippen LogP contribution in [0.2, 0.25) is 5.02 Å². The summed E-state index contributed by atoms with van der Waals surface area (Å²) < 4.78 is 32.0. The minimum atomic E-state index is -3.58. The molecule has 2 rings (SSSR count). The molecule has 0 spiro atoms. The van der Waals surface area contributed by atoms with Crippen molar-refractivity contribution in [1.82, 2.24) is 10.0 Å². The summed E-state index contributed by atoms with van der Waals surface area (Å²) in [4.78, 5) is 12.3. The van der Waals surface area contributed by atoms with Gasteiger partial charge in [0.2, 0.25) is 10.0 Å². The molecule has 33 heavy (non-hydrogen) atoms. The molecule has 180 valence electrons. The summed E-state index contributed by atoms with van der Waals surface area (Å²) in [6.45, 7) is 0.596. The van der Waals surface area contributed by atoms with Gasteiger partial charge in [-0.25, -0.2) is 13.1 Å². The Labute approximate surface area is 205 Å². The molecular weight excluding hydrogens is 510 g/mol. The number of carbonyl (C=O) groups is 1. The molecule has 2 aromatic rings. The van der Waals surface area contributed by atoms with E-state index >= 15 is 0 Å². The second-order valence-corrected chi connectivity index (χ2v) is 11.4. The molecule has 2 aromatic carbocycles. The highest BCUT2D eigenvalue weighted by molar-refractivity contribution is 8.76. The molecule has 0 aliphatic heterocycles. The van der Waals surface area contributed by atoms with Crippen LogP contribution < -0.4 is 14.8 Å². The van der Waals surface area contributed by atoms with Gasteiger partial charge in [0.05, 0.1) is 17.0 Å². The molecule has 4 N–H and O–H groups in total. The number of nitrogens with one attached hydrogen (secondary N) is 2. The Bertz CT molecular complexity index is 1070. The van der Waals surface area contributed by atoms with Crippen LogP contribution in [0.5, 0.6) is 11.5 Å². The van der Waals surface area contributed by atoms with Gasteiger partial charge in [0.25, 0.3) is 5.91 Å².